The molecule has 3 aromatic rings. The van der Waals surface area contributed by atoms with Crippen LogP contribution in [0, 0.1) is 6.92 Å². The summed E-state index contributed by atoms with van der Waals surface area (Å²) in [6.45, 7) is 3.69. The predicted octanol–water partition coefficient (Wildman–Crippen LogP) is 2.62. The molecule has 0 bridgehead atoms. The summed E-state index contributed by atoms with van der Waals surface area (Å²) in [4.78, 5) is 38.8. The topological polar surface area (TPSA) is 97.9 Å². The number of para-hydroxylation sites is 2. The Balaban J connectivity index is 1.65. The minimum atomic E-state index is -0.809. The van der Waals surface area contributed by atoms with Crippen molar-refractivity contribution in [3.8, 4) is 5.69 Å². The zero-order valence-electron chi connectivity index (χ0n) is 18.7. The number of rotatable bonds is 6. The Kier molecular flexibility index (Phi) is 6.12. The summed E-state index contributed by atoms with van der Waals surface area (Å²) in [5.41, 5.74) is 1.95. The Labute approximate surface area is 190 Å². The molecule has 1 aliphatic heterocycles. The van der Waals surface area contributed by atoms with E-state index in [2.05, 4.69) is 10.4 Å². The lowest BCUT2D eigenvalue weighted by atomic mass is 10.1. The molecule has 9 nitrogen and oxygen atoms in total. The van der Waals surface area contributed by atoms with E-state index in [1.807, 2.05) is 48.5 Å². The lowest BCUT2D eigenvalue weighted by Gasteiger charge is -2.22. The first-order chi connectivity index (χ1) is 15.9. The van der Waals surface area contributed by atoms with Gasteiger partial charge in [0.15, 0.2) is 0 Å². The molecule has 1 amide bonds. The van der Waals surface area contributed by atoms with Crippen LogP contribution in [0.1, 0.15) is 19.0 Å². The van der Waals surface area contributed by atoms with Gasteiger partial charge in [-0.2, -0.15) is 5.10 Å². The first-order valence-corrected chi connectivity index (χ1v) is 10.7. The van der Waals surface area contributed by atoms with Crippen LogP contribution in [-0.2, 0) is 21.4 Å². The first kappa shape index (κ1) is 22.1. The molecule has 1 aromatic heterocycles. The molecular weight excluding hydrogens is 422 g/mol. The number of hydrogen-bond acceptors (Lipinski definition) is 6. The Bertz CT molecular complexity index is 1260. The number of nitrogens with zero attached hydrogens (tertiary/aromatic N) is 4. The van der Waals surface area contributed by atoms with Crippen LogP contribution in [0.15, 0.2) is 70.6 Å². The van der Waals surface area contributed by atoms with E-state index < -0.39 is 17.9 Å². The number of ether oxygens (including phenoxy) is 1. The van der Waals surface area contributed by atoms with Crippen LogP contribution < -0.4 is 15.9 Å². The van der Waals surface area contributed by atoms with E-state index in [0.29, 0.717) is 17.1 Å². The molecule has 1 N–H and O–H groups in total. The van der Waals surface area contributed by atoms with E-state index in [4.69, 9.17) is 4.74 Å². The summed E-state index contributed by atoms with van der Waals surface area (Å²) in [5, 5.41) is 8.64. The molecule has 0 spiro atoms. The van der Waals surface area contributed by atoms with Gasteiger partial charge in [-0.3, -0.25) is 19.3 Å². The summed E-state index contributed by atoms with van der Waals surface area (Å²) in [6, 6.07) is 17.5. The number of amides is 1. The Hall–Kier alpha value is -4.14. The number of carbonyl (C=O) groups is 2. The molecule has 0 saturated heterocycles. The maximum Gasteiger partial charge on any atom is 0.354 e. The number of carbonyl (C=O) groups excluding carboxylic acids is 2. The average molecular weight is 447 g/mol. The van der Waals surface area contributed by atoms with E-state index in [1.165, 1.54) is 9.69 Å². The normalized spacial score (nSPS) is 15.3. The Morgan fingerprint density at radius 2 is 1.67 bits per heavy atom. The van der Waals surface area contributed by atoms with Crippen molar-refractivity contribution in [3.05, 3.63) is 76.7 Å². The van der Waals surface area contributed by atoms with Gasteiger partial charge in [-0.25, -0.2) is 9.48 Å². The van der Waals surface area contributed by atoms with Crippen molar-refractivity contribution in [1.29, 1.82) is 0 Å². The van der Waals surface area contributed by atoms with Gasteiger partial charge >= 0.3 is 5.97 Å². The van der Waals surface area contributed by atoms with Crippen LogP contribution in [0.5, 0.6) is 0 Å². The third-order valence-corrected chi connectivity index (χ3v) is 5.55. The van der Waals surface area contributed by atoms with Crippen LogP contribution in [0.2, 0.25) is 0 Å². The second kappa shape index (κ2) is 9.15. The molecule has 33 heavy (non-hydrogen) atoms. The van der Waals surface area contributed by atoms with Crippen LogP contribution in [-0.4, -0.2) is 39.6 Å². The van der Waals surface area contributed by atoms with Crippen molar-refractivity contribution in [1.82, 2.24) is 9.36 Å². The number of benzene rings is 2. The second-order valence-electron chi connectivity index (χ2n) is 7.59. The number of aromatic nitrogens is 2. The maximum absolute atomic E-state index is 13.4. The standard InChI is InChI=1S/C24H25N5O4/c1-4-33-24(32)19-15-20(28(26-19)17-11-7-5-8-12-17)22(30)25-21-16(2)27(3)29(23(21)31)18-13-9-6-10-14-18/h5-14,20H,4,15H2,1-3H3,(H,25,30). The number of esters is 1. The number of hydrazone groups is 1. The lowest BCUT2D eigenvalue weighted by Crippen LogP contribution is -2.39. The minimum absolute atomic E-state index is 0.0678. The average Bonchev–Trinajstić information content (AvgIpc) is 3.37. The molecule has 0 saturated carbocycles. The van der Waals surface area contributed by atoms with E-state index in [9.17, 15) is 14.4 Å². The summed E-state index contributed by atoms with van der Waals surface area (Å²) >= 11 is 0. The Morgan fingerprint density at radius 1 is 1.06 bits per heavy atom. The van der Waals surface area contributed by atoms with Crippen LogP contribution in [0.3, 0.4) is 0 Å². The largest absolute Gasteiger partial charge is 0.461 e. The molecule has 170 valence electrons. The highest BCUT2D eigenvalue weighted by atomic mass is 16.5. The number of hydrogen-bond donors (Lipinski definition) is 1. The van der Waals surface area contributed by atoms with Gasteiger partial charge in [-0.15, -0.1) is 0 Å². The van der Waals surface area contributed by atoms with Gasteiger partial charge in [0, 0.05) is 13.5 Å². The van der Waals surface area contributed by atoms with Gasteiger partial charge in [-0.05, 0) is 38.1 Å². The highest BCUT2D eigenvalue weighted by molar-refractivity contribution is 6.38. The fraction of sp³-hybridized carbons (Fsp3) is 0.250. The highest BCUT2D eigenvalue weighted by Gasteiger charge is 2.37. The fourth-order valence-corrected chi connectivity index (χ4v) is 3.79. The smallest absolute Gasteiger partial charge is 0.354 e. The van der Waals surface area contributed by atoms with Crippen molar-refractivity contribution in [2.45, 2.75) is 26.3 Å². The lowest BCUT2D eigenvalue weighted by molar-refractivity contribution is -0.135. The van der Waals surface area contributed by atoms with E-state index in [1.54, 1.807) is 37.7 Å². The van der Waals surface area contributed by atoms with E-state index in [-0.39, 0.29) is 30.0 Å². The summed E-state index contributed by atoms with van der Waals surface area (Å²) < 4.78 is 8.26. The molecule has 1 unspecified atom stereocenters. The van der Waals surface area contributed by atoms with Crippen LogP contribution >= 0.6 is 0 Å². The molecule has 0 radical (unpaired) electrons. The molecular formula is C24H25N5O4. The molecule has 2 heterocycles. The second-order valence-corrected chi connectivity index (χ2v) is 7.59. The third-order valence-electron chi connectivity index (χ3n) is 5.55. The van der Waals surface area contributed by atoms with E-state index in [0.717, 1.165) is 0 Å². The van der Waals surface area contributed by atoms with Crippen molar-refractivity contribution >= 4 is 29.0 Å². The van der Waals surface area contributed by atoms with Crippen molar-refractivity contribution in [2.24, 2.45) is 12.1 Å². The summed E-state index contributed by atoms with van der Waals surface area (Å²) in [5.74, 6) is -0.996. The summed E-state index contributed by atoms with van der Waals surface area (Å²) in [7, 11) is 1.76. The number of anilines is 2. The molecule has 9 heteroatoms. The maximum atomic E-state index is 13.4. The molecule has 2 aromatic carbocycles. The van der Waals surface area contributed by atoms with Crippen molar-refractivity contribution in [3.63, 3.8) is 0 Å². The first-order valence-electron chi connectivity index (χ1n) is 10.7. The number of nitrogens with one attached hydrogen (secondary N) is 1. The third kappa shape index (κ3) is 4.17. The van der Waals surface area contributed by atoms with Crippen molar-refractivity contribution < 1.29 is 14.3 Å². The quantitative estimate of drug-likeness (QED) is 0.586. The van der Waals surface area contributed by atoms with Gasteiger partial charge in [0.2, 0.25) is 5.91 Å². The van der Waals surface area contributed by atoms with Crippen LogP contribution in [0.25, 0.3) is 5.69 Å². The molecule has 1 aliphatic rings. The fourth-order valence-electron chi connectivity index (χ4n) is 3.79. The van der Waals surface area contributed by atoms with E-state index >= 15 is 0 Å². The van der Waals surface area contributed by atoms with Gasteiger partial charge in [0.25, 0.3) is 5.56 Å². The molecule has 1 atom stereocenters. The zero-order valence-corrected chi connectivity index (χ0v) is 18.7. The molecule has 4 rings (SSSR count). The monoisotopic (exact) mass is 447 g/mol. The van der Waals surface area contributed by atoms with Gasteiger partial charge in [0.05, 0.1) is 23.7 Å². The summed E-state index contributed by atoms with van der Waals surface area (Å²) in [6.07, 6.45) is 0.0678. The SMILES string of the molecule is CCOC(=O)C1=NN(c2ccccc2)C(C(=O)Nc2c(C)n(C)n(-c3ccccc3)c2=O)C1. The van der Waals surface area contributed by atoms with Gasteiger partial charge < -0.3 is 10.1 Å². The van der Waals surface area contributed by atoms with Gasteiger partial charge in [-0.1, -0.05) is 36.4 Å². The van der Waals surface area contributed by atoms with Gasteiger partial charge in [0.1, 0.15) is 17.4 Å². The molecule has 0 aliphatic carbocycles. The Morgan fingerprint density at radius 3 is 2.27 bits per heavy atom. The molecule has 0 fully saturated rings. The highest BCUT2D eigenvalue weighted by Crippen LogP contribution is 2.26. The predicted molar refractivity (Wildman–Crippen MR) is 126 cm³/mol. The van der Waals surface area contributed by atoms with Crippen LogP contribution in [0.4, 0.5) is 11.4 Å². The zero-order chi connectivity index (χ0) is 23.5. The minimum Gasteiger partial charge on any atom is -0.461 e. The van der Waals surface area contributed by atoms with Crippen molar-refractivity contribution in [2.75, 3.05) is 16.9 Å².